The zero-order chi connectivity index (χ0) is 13.1. The van der Waals surface area contributed by atoms with Crippen LogP contribution < -0.4 is 10.6 Å². The van der Waals surface area contributed by atoms with Crippen molar-refractivity contribution in [2.75, 3.05) is 18.0 Å². The summed E-state index contributed by atoms with van der Waals surface area (Å²) in [4.78, 5) is 2.06. The zero-order valence-corrected chi connectivity index (χ0v) is 9.96. The molecule has 0 radical (unpaired) electrons. The molecule has 0 saturated carbocycles. The van der Waals surface area contributed by atoms with E-state index >= 15 is 0 Å². The largest absolute Gasteiger partial charge is 0.407 e. The first-order valence-electron chi connectivity index (χ1n) is 5.57. The van der Waals surface area contributed by atoms with Gasteiger partial charge in [-0.2, -0.15) is 13.2 Å². The van der Waals surface area contributed by atoms with Gasteiger partial charge < -0.3 is 10.6 Å². The Morgan fingerprint density at radius 2 is 1.59 bits per heavy atom. The molecule has 0 saturated heterocycles. The van der Waals surface area contributed by atoms with Crippen molar-refractivity contribution in [2.24, 2.45) is 5.73 Å². The molecular weight excluding hydrogens is 229 g/mol. The highest BCUT2D eigenvalue weighted by molar-refractivity contribution is 5.47. The summed E-state index contributed by atoms with van der Waals surface area (Å²) in [6, 6.07) is 4.31. The van der Waals surface area contributed by atoms with Gasteiger partial charge in [0.25, 0.3) is 0 Å². The minimum absolute atomic E-state index is 0.0911. The number of halogens is 3. The molecule has 0 amide bonds. The van der Waals surface area contributed by atoms with Crippen molar-refractivity contribution in [3.63, 3.8) is 0 Å². The van der Waals surface area contributed by atoms with E-state index in [9.17, 15) is 13.2 Å². The Labute approximate surface area is 99.2 Å². The molecule has 0 spiro atoms. The number of nitrogens with zero attached hydrogens (tertiary/aromatic N) is 1. The van der Waals surface area contributed by atoms with Crippen molar-refractivity contribution in [2.45, 2.75) is 26.1 Å². The summed E-state index contributed by atoms with van der Waals surface area (Å²) < 4.78 is 37.2. The maximum absolute atomic E-state index is 12.4. The molecule has 0 bridgehead atoms. The predicted octanol–water partition coefficient (Wildman–Crippen LogP) is 3.09. The van der Waals surface area contributed by atoms with Gasteiger partial charge in [0.15, 0.2) is 0 Å². The van der Waals surface area contributed by atoms with Gasteiger partial charge in [0, 0.05) is 18.8 Å². The lowest BCUT2D eigenvalue weighted by molar-refractivity contribution is -0.149. The average molecular weight is 246 g/mol. The van der Waals surface area contributed by atoms with Gasteiger partial charge in [-0.15, -0.1) is 0 Å². The lowest BCUT2D eigenvalue weighted by Crippen LogP contribution is -2.28. The van der Waals surface area contributed by atoms with Gasteiger partial charge in [0.2, 0.25) is 0 Å². The fourth-order valence-electron chi connectivity index (χ4n) is 1.67. The zero-order valence-electron chi connectivity index (χ0n) is 9.96. The maximum Gasteiger partial charge on any atom is 0.407 e. The van der Waals surface area contributed by atoms with Gasteiger partial charge in [0.05, 0.1) is 0 Å². The molecule has 5 heteroatoms. The highest BCUT2D eigenvalue weighted by atomic mass is 19.4. The summed E-state index contributed by atoms with van der Waals surface area (Å²) in [5, 5.41) is 0. The number of hydrogen-bond acceptors (Lipinski definition) is 2. The first-order chi connectivity index (χ1) is 7.90. The average Bonchev–Trinajstić information content (AvgIpc) is 2.29. The molecule has 0 aromatic heterocycles. The molecule has 0 unspecified atom stereocenters. The molecule has 1 aromatic rings. The van der Waals surface area contributed by atoms with E-state index in [0.29, 0.717) is 0 Å². The van der Waals surface area contributed by atoms with E-state index in [1.165, 1.54) is 12.1 Å². The Kier molecular flexibility index (Phi) is 4.40. The first-order valence-corrected chi connectivity index (χ1v) is 5.57. The highest BCUT2D eigenvalue weighted by Crippen LogP contribution is 2.31. The molecule has 1 atom stereocenters. The maximum atomic E-state index is 12.4. The lowest BCUT2D eigenvalue weighted by atomic mass is 10.1. The lowest BCUT2D eigenvalue weighted by Gasteiger charge is -2.22. The minimum Gasteiger partial charge on any atom is -0.372 e. The van der Waals surface area contributed by atoms with Crippen LogP contribution in [0.3, 0.4) is 0 Å². The molecule has 0 heterocycles. The Balaban J connectivity index is 2.88. The number of alkyl halides is 3. The minimum atomic E-state index is -4.39. The molecule has 0 aliphatic carbocycles. The molecule has 1 aromatic carbocycles. The van der Waals surface area contributed by atoms with Crippen LogP contribution in [0, 0.1) is 0 Å². The van der Waals surface area contributed by atoms with Gasteiger partial charge in [-0.05, 0) is 31.5 Å². The van der Waals surface area contributed by atoms with Gasteiger partial charge in [-0.1, -0.05) is 12.1 Å². The van der Waals surface area contributed by atoms with Crippen LogP contribution >= 0.6 is 0 Å². The van der Waals surface area contributed by atoms with E-state index < -0.39 is 12.2 Å². The molecule has 0 aliphatic heterocycles. The van der Waals surface area contributed by atoms with Crippen molar-refractivity contribution in [1.29, 1.82) is 0 Å². The van der Waals surface area contributed by atoms with Crippen LogP contribution in [0.1, 0.15) is 25.5 Å². The molecule has 1 rings (SSSR count). The quantitative estimate of drug-likeness (QED) is 0.884. The number of rotatable bonds is 4. The van der Waals surface area contributed by atoms with Crippen molar-refractivity contribution in [3.8, 4) is 0 Å². The van der Waals surface area contributed by atoms with E-state index in [0.717, 1.165) is 18.8 Å². The predicted molar refractivity (Wildman–Crippen MR) is 63.0 cm³/mol. The Hall–Kier alpha value is -1.23. The molecule has 2 N–H and O–H groups in total. The topological polar surface area (TPSA) is 29.3 Å². The van der Waals surface area contributed by atoms with Crippen molar-refractivity contribution < 1.29 is 13.2 Å². The summed E-state index contributed by atoms with van der Waals surface area (Å²) in [6.07, 6.45) is -4.39. The van der Waals surface area contributed by atoms with Crippen LogP contribution in [0.4, 0.5) is 18.9 Å². The molecule has 0 fully saturated rings. The Bertz CT molecular complexity index is 342. The summed E-state index contributed by atoms with van der Waals surface area (Å²) in [7, 11) is 0. The van der Waals surface area contributed by atoms with Crippen LogP contribution in [0.2, 0.25) is 0 Å². The third kappa shape index (κ3) is 3.36. The van der Waals surface area contributed by atoms with E-state index in [4.69, 9.17) is 5.73 Å². The Morgan fingerprint density at radius 1 is 1.12 bits per heavy atom. The standard InChI is InChI=1S/C12H17F3N2/c1-3-17(4-2)10-7-5-9(6-8-10)11(16)12(13,14)15/h5-8,11H,3-4,16H2,1-2H3/t11-/m1/s1. The summed E-state index contributed by atoms with van der Waals surface area (Å²) >= 11 is 0. The monoisotopic (exact) mass is 246 g/mol. The second-order valence-corrected chi connectivity index (χ2v) is 3.78. The van der Waals surface area contributed by atoms with Gasteiger partial charge in [0.1, 0.15) is 6.04 Å². The summed E-state index contributed by atoms with van der Waals surface area (Å²) in [6.45, 7) is 5.64. The third-order valence-corrected chi connectivity index (χ3v) is 2.73. The van der Waals surface area contributed by atoms with E-state index in [2.05, 4.69) is 4.90 Å². The van der Waals surface area contributed by atoms with Crippen LogP contribution in [0.25, 0.3) is 0 Å². The second-order valence-electron chi connectivity index (χ2n) is 3.78. The Morgan fingerprint density at radius 3 is 1.94 bits per heavy atom. The van der Waals surface area contributed by atoms with Crippen LogP contribution in [0.5, 0.6) is 0 Å². The van der Waals surface area contributed by atoms with Gasteiger partial charge in [-0.25, -0.2) is 0 Å². The molecule has 0 aliphatic rings. The number of nitrogens with two attached hydrogens (primary N) is 1. The van der Waals surface area contributed by atoms with Crippen LogP contribution in [-0.4, -0.2) is 19.3 Å². The fraction of sp³-hybridized carbons (Fsp3) is 0.500. The van der Waals surface area contributed by atoms with Crippen molar-refractivity contribution in [1.82, 2.24) is 0 Å². The van der Waals surface area contributed by atoms with E-state index in [-0.39, 0.29) is 5.56 Å². The number of hydrogen-bond donors (Lipinski definition) is 1. The highest BCUT2D eigenvalue weighted by Gasteiger charge is 2.37. The number of benzene rings is 1. The molecule has 2 nitrogen and oxygen atoms in total. The fourth-order valence-corrected chi connectivity index (χ4v) is 1.67. The normalized spacial score (nSPS) is 13.5. The molecule has 17 heavy (non-hydrogen) atoms. The molecule has 96 valence electrons. The van der Waals surface area contributed by atoms with Crippen molar-refractivity contribution >= 4 is 5.69 Å². The van der Waals surface area contributed by atoms with E-state index in [1.807, 2.05) is 13.8 Å². The summed E-state index contributed by atoms with van der Waals surface area (Å²) in [5.74, 6) is 0. The first kappa shape index (κ1) is 13.8. The van der Waals surface area contributed by atoms with Gasteiger partial charge >= 0.3 is 6.18 Å². The second kappa shape index (κ2) is 5.40. The number of anilines is 1. The van der Waals surface area contributed by atoms with Crippen molar-refractivity contribution in [3.05, 3.63) is 29.8 Å². The van der Waals surface area contributed by atoms with Gasteiger partial charge in [-0.3, -0.25) is 0 Å². The van der Waals surface area contributed by atoms with Crippen LogP contribution in [-0.2, 0) is 0 Å². The third-order valence-electron chi connectivity index (χ3n) is 2.73. The van der Waals surface area contributed by atoms with Crippen LogP contribution in [0.15, 0.2) is 24.3 Å². The SMILES string of the molecule is CCN(CC)c1ccc([C@@H](N)C(F)(F)F)cc1. The van der Waals surface area contributed by atoms with E-state index in [1.54, 1.807) is 12.1 Å². The smallest absolute Gasteiger partial charge is 0.372 e. The molecular formula is C12H17F3N2. The summed E-state index contributed by atoms with van der Waals surface area (Å²) in [5.41, 5.74) is 6.13.